The van der Waals surface area contributed by atoms with Crippen LogP contribution in [0.5, 0.6) is 0 Å². The first kappa shape index (κ1) is 21.2. The van der Waals surface area contributed by atoms with E-state index < -0.39 is 18.0 Å². The third-order valence-electron chi connectivity index (χ3n) is 4.94. The Bertz CT molecular complexity index is 955. The minimum Gasteiger partial charge on any atom is -0.447 e. The van der Waals surface area contributed by atoms with E-state index in [1.54, 1.807) is 30.3 Å². The average Bonchev–Trinajstić information content (AvgIpc) is 3.05. The molecule has 30 heavy (non-hydrogen) atoms. The van der Waals surface area contributed by atoms with Gasteiger partial charge >= 0.3 is 5.97 Å². The molecule has 1 fully saturated rings. The Kier molecular flexibility index (Phi) is 6.61. The summed E-state index contributed by atoms with van der Waals surface area (Å²) < 4.78 is 5.47. The van der Waals surface area contributed by atoms with Gasteiger partial charge in [0.1, 0.15) is 0 Å². The molecule has 0 radical (unpaired) electrons. The highest BCUT2D eigenvalue weighted by atomic mass is 16.5. The number of nitrogens with one attached hydrogen (secondary N) is 1. The fraction of sp³-hybridized carbons (Fsp3) is 0.304. The van der Waals surface area contributed by atoms with Gasteiger partial charge in [-0.3, -0.25) is 24.1 Å². The van der Waals surface area contributed by atoms with Crippen LogP contribution in [0, 0.1) is 13.8 Å². The number of anilines is 1. The molecule has 0 bridgehead atoms. The van der Waals surface area contributed by atoms with Crippen molar-refractivity contribution in [3.8, 4) is 0 Å². The number of carbonyl (C=O) groups excluding carboxylic acids is 4. The van der Waals surface area contributed by atoms with Crippen molar-refractivity contribution in [1.82, 2.24) is 4.90 Å². The maximum absolute atomic E-state index is 13.0. The van der Waals surface area contributed by atoms with Gasteiger partial charge in [0.2, 0.25) is 17.9 Å². The van der Waals surface area contributed by atoms with E-state index in [1.165, 1.54) is 0 Å². The number of rotatable bonds is 7. The fourth-order valence-corrected chi connectivity index (χ4v) is 3.24. The highest BCUT2D eigenvalue weighted by Crippen LogP contribution is 2.23. The van der Waals surface area contributed by atoms with Crippen LogP contribution in [0.3, 0.4) is 0 Å². The Morgan fingerprint density at radius 3 is 2.37 bits per heavy atom. The van der Waals surface area contributed by atoms with Crippen LogP contribution in [0.2, 0.25) is 0 Å². The predicted octanol–water partition coefficient (Wildman–Crippen LogP) is 3.07. The van der Waals surface area contributed by atoms with Crippen molar-refractivity contribution in [3.63, 3.8) is 0 Å². The molecule has 1 aliphatic heterocycles. The van der Waals surface area contributed by atoms with E-state index in [-0.39, 0.29) is 37.6 Å². The van der Waals surface area contributed by atoms with Crippen molar-refractivity contribution >= 4 is 29.4 Å². The van der Waals surface area contributed by atoms with E-state index in [9.17, 15) is 19.2 Å². The number of hydrogen-bond donors (Lipinski definition) is 1. The molecule has 3 rings (SSSR count). The molecule has 0 aliphatic carbocycles. The van der Waals surface area contributed by atoms with Gasteiger partial charge in [0.25, 0.3) is 5.91 Å². The van der Waals surface area contributed by atoms with Crippen LogP contribution in [0.15, 0.2) is 48.5 Å². The molecule has 1 heterocycles. The number of carbonyl (C=O) groups is 4. The molecule has 1 aliphatic rings. The minimum atomic E-state index is -1.15. The SMILES string of the molecule is Cc1ccc(C)c(NC(=O)C(OC(=O)CCN2C(=O)CCC2=O)c2ccccc2)c1. The highest BCUT2D eigenvalue weighted by molar-refractivity contribution is 6.02. The van der Waals surface area contributed by atoms with Crippen molar-refractivity contribution in [1.29, 1.82) is 0 Å². The van der Waals surface area contributed by atoms with Crippen LogP contribution in [0.25, 0.3) is 0 Å². The Morgan fingerprint density at radius 1 is 1.03 bits per heavy atom. The second-order valence-corrected chi connectivity index (χ2v) is 7.28. The van der Waals surface area contributed by atoms with E-state index in [2.05, 4.69) is 5.32 Å². The standard InChI is InChI=1S/C23H24N2O5/c1-15-8-9-16(2)18(14-15)24-23(29)22(17-6-4-3-5-7-17)30-21(28)12-13-25-19(26)10-11-20(25)27/h3-9,14,22H,10-13H2,1-2H3,(H,24,29). The topological polar surface area (TPSA) is 92.8 Å². The van der Waals surface area contributed by atoms with E-state index in [0.717, 1.165) is 16.0 Å². The number of aryl methyl sites for hydroxylation is 2. The molecule has 0 spiro atoms. The molecule has 2 aromatic carbocycles. The first-order chi connectivity index (χ1) is 14.3. The maximum atomic E-state index is 13.0. The summed E-state index contributed by atoms with van der Waals surface area (Å²) in [4.78, 5) is 49.9. The van der Waals surface area contributed by atoms with Gasteiger partial charge in [0.15, 0.2) is 0 Å². The zero-order chi connectivity index (χ0) is 21.7. The Hall–Kier alpha value is -3.48. The van der Waals surface area contributed by atoms with Gasteiger partial charge in [0.05, 0.1) is 6.42 Å². The van der Waals surface area contributed by atoms with Crippen LogP contribution in [-0.4, -0.2) is 35.1 Å². The normalized spacial score (nSPS) is 14.5. The summed E-state index contributed by atoms with van der Waals surface area (Å²) in [6.45, 7) is 3.75. The first-order valence-corrected chi connectivity index (χ1v) is 9.81. The molecule has 7 nitrogen and oxygen atoms in total. The van der Waals surface area contributed by atoms with Gasteiger partial charge in [0, 0.05) is 30.6 Å². The molecule has 1 atom stereocenters. The molecule has 7 heteroatoms. The third kappa shape index (κ3) is 5.11. The lowest BCUT2D eigenvalue weighted by molar-refractivity contribution is -0.155. The summed E-state index contributed by atoms with van der Waals surface area (Å²) in [5, 5.41) is 2.83. The average molecular weight is 408 g/mol. The largest absolute Gasteiger partial charge is 0.447 e. The van der Waals surface area contributed by atoms with Gasteiger partial charge < -0.3 is 10.1 Å². The Balaban J connectivity index is 1.71. The molecule has 1 unspecified atom stereocenters. The number of ether oxygens (including phenoxy) is 1. The zero-order valence-corrected chi connectivity index (χ0v) is 17.0. The molecule has 3 amide bonds. The van der Waals surface area contributed by atoms with Crippen molar-refractivity contribution in [2.75, 3.05) is 11.9 Å². The number of imide groups is 1. The van der Waals surface area contributed by atoms with Crippen molar-refractivity contribution in [2.24, 2.45) is 0 Å². The van der Waals surface area contributed by atoms with E-state index in [4.69, 9.17) is 4.74 Å². The van der Waals surface area contributed by atoms with E-state index in [0.29, 0.717) is 11.3 Å². The van der Waals surface area contributed by atoms with Crippen LogP contribution in [-0.2, 0) is 23.9 Å². The molecule has 0 aromatic heterocycles. The van der Waals surface area contributed by atoms with Crippen LogP contribution in [0.4, 0.5) is 5.69 Å². The smallest absolute Gasteiger partial charge is 0.308 e. The van der Waals surface area contributed by atoms with Gasteiger partial charge in [-0.15, -0.1) is 0 Å². The van der Waals surface area contributed by atoms with Crippen molar-refractivity contribution in [2.45, 2.75) is 39.2 Å². The summed E-state index contributed by atoms with van der Waals surface area (Å²) in [7, 11) is 0. The number of likely N-dealkylation sites (tertiary alicyclic amines) is 1. The lowest BCUT2D eigenvalue weighted by atomic mass is 10.1. The van der Waals surface area contributed by atoms with Crippen molar-refractivity contribution in [3.05, 3.63) is 65.2 Å². The van der Waals surface area contributed by atoms with E-state index >= 15 is 0 Å². The monoisotopic (exact) mass is 408 g/mol. The molecule has 1 N–H and O–H groups in total. The molecule has 156 valence electrons. The number of esters is 1. The summed E-state index contributed by atoms with van der Waals surface area (Å²) in [5.41, 5.74) is 3.05. The van der Waals surface area contributed by atoms with Crippen LogP contribution < -0.4 is 5.32 Å². The minimum absolute atomic E-state index is 0.0450. The van der Waals surface area contributed by atoms with Crippen LogP contribution in [0.1, 0.15) is 42.1 Å². The molecular weight excluding hydrogens is 384 g/mol. The molecule has 1 saturated heterocycles. The molecule has 0 saturated carbocycles. The Morgan fingerprint density at radius 2 is 1.70 bits per heavy atom. The van der Waals surface area contributed by atoms with Gasteiger partial charge in [-0.25, -0.2) is 0 Å². The van der Waals surface area contributed by atoms with E-state index in [1.807, 2.05) is 32.0 Å². The highest BCUT2D eigenvalue weighted by Gasteiger charge is 2.30. The number of amides is 3. The molecular formula is C23H24N2O5. The third-order valence-corrected chi connectivity index (χ3v) is 4.94. The van der Waals surface area contributed by atoms with Gasteiger partial charge in [-0.05, 0) is 31.0 Å². The zero-order valence-electron chi connectivity index (χ0n) is 17.0. The predicted molar refractivity (Wildman–Crippen MR) is 110 cm³/mol. The van der Waals surface area contributed by atoms with Crippen molar-refractivity contribution < 1.29 is 23.9 Å². The summed E-state index contributed by atoms with van der Waals surface area (Å²) in [5.74, 6) is -1.72. The first-order valence-electron chi connectivity index (χ1n) is 9.81. The number of benzene rings is 2. The Labute approximate surface area is 175 Å². The quantitative estimate of drug-likeness (QED) is 0.561. The fourth-order valence-electron chi connectivity index (χ4n) is 3.24. The molecule has 2 aromatic rings. The maximum Gasteiger partial charge on any atom is 0.308 e. The van der Waals surface area contributed by atoms with Gasteiger partial charge in [-0.2, -0.15) is 0 Å². The lowest BCUT2D eigenvalue weighted by Gasteiger charge is -2.20. The summed E-state index contributed by atoms with van der Waals surface area (Å²) >= 11 is 0. The lowest BCUT2D eigenvalue weighted by Crippen LogP contribution is -2.32. The summed E-state index contributed by atoms with van der Waals surface area (Å²) in [6.07, 6.45) is -0.988. The number of nitrogens with zero attached hydrogens (tertiary/aromatic N) is 1. The second-order valence-electron chi connectivity index (χ2n) is 7.28. The summed E-state index contributed by atoms with van der Waals surface area (Å²) in [6, 6.07) is 14.4. The van der Waals surface area contributed by atoms with Gasteiger partial charge in [-0.1, -0.05) is 42.5 Å². The number of hydrogen-bond acceptors (Lipinski definition) is 5. The van der Waals surface area contributed by atoms with Crippen LogP contribution >= 0.6 is 0 Å². The second kappa shape index (κ2) is 9.35.